The third kappa shape index (κ3) is 2.70. The standard InChI is InChI=1S/C22H18N2/c1-3-9-17(10-4-1)21(19-13-7-15-23-19)22(20-14-8-16-24-20)18-11-5-2-6-12-18/h1-16,23-24H. The normalized spacial score (nSPS) is 12.0. The fourth-order valence-electron chi connectivity index (χ4n) is 3.05. The summed E-state index contributed by atoms with van der Waals surface area (Å²) in [6, 6.07) is 29.3. The summed E-state index contributed by atoms with van der Waals surface area (Å²) in [7, 11) is 0. The van der Waals surface area contributed by atoms with Gasteiger partial charge in [0.1, 0.15) is 0 Å². The fraction of sp³-hybridized carbons (Fsp3) is 0. The highest BCUT2D eigenvalue weighted by Gasteiger charge is 2.16. The van der Waals surface area contributed by atoms with E-state index in [0.717, 1.165) is 11.4 Å². The summed E-state index contributed by atoms with van der Waals surface area (Å²) in [6.07, 6.45) is 3.94. The summed E-state index contributed by atoms with van der Waals surface area (Å²) in [5, 5.41) is 0. The molecule has 0 radical (unpaired) electrons. The minimum Gasteiger partial charge on any atom is -0.361 e. The second-order valence-electron chi connectivity index (χ2n) is 5.65. The van der Waals surface area contributed by atoms with Gasteiger partial charge >= 0.3 is 0 Å². The maximum absolute atomic E-state index is 3.38. The Labute approximate surface area is 141 Å². The van der Waals surface area contributed by atoms with E-state index in [4.69, 9.17) is 0 Å². The molecule has 0 saturated carbocycles. The molecule has 0 bridgehead atoms. The number of aromatic amines is 2. The van der Waals surface area contributed by atoms with E-state index in [-0.39, 0.29) is 0 Å². The first-order chi connectivity index (χ1) is 11.9. The molecule has 0 amide bonds. The van der Waals surface area contributed by atoms with Crippen molar-refractivity contribution in [3.63, 3.8) is 0 Å². The van der Waals surface area contributed by atoms with Gasteiger partial charge < -0.3 is 9.97 Å². The predicted octanol–water partition coefficient (Wildman–Crippen LogP) is 5.35. The summed E-state index contributed by atoms with van der Waals surface area (Å²) in [4.78, 5) is 6.75. The molecule has 2 aromatic heterocycles. The average Bonchev–Trinajstić information content (AvgIpc) is 3.35. The molecule has 2 heteroatoms. The van der Waals surface area contributed by atoms with Crippen LogP contribution in [0.25, 0.3) is 11.1 Å². The van der Waals surface area contributed by atoms with Gasteiger partial charge in [-0.25, -0.2) is 0 Å². The third-order valence-corrected chi connectivity index (χ3v) is 4.11. The van der Waals surface area contributed by atoms with Crippen LogP contribution in [0.1, 0.15) is 22.5 Å². The van der Waals surface area contributed by atoms with E-state index in [0.29, 0.717) is 0 Å². The minimum absolute atomic E-state index is 1.11. The van der Waals surface area contributed by atoms with Crippen LogP contribution in [-0.4, -0.2) is 9.97 Å². The topological polar surface area (TPSA) is 31.6 Å². The van der Waals surface area contributed by atoms with Crippen molar-refractivity contribution in [2.45, 2.75) is 0 Å². The molecule has 24 heavy (non-hydrogen) atoms. The molecule has 0 aliphatic heterocycles. The first-order valence-electron chi connectivity index (χ1n) is 8.06. The zero-order chi connectivity index (χ0) is 16.2. The summed E-state index contributed by atoms with van der Waals surface area (Å²) < 4.78 is 0. The smallest absolute Gasteiger partial charge is 0.0467 e. The Morgan fingerprint density at radius 2 is 0.875 bits per heavy atom. The molecule has 4 rings (SSSR count). The Morgan fingerprint density at radius 3 is 1.21 bits per heavy atom. The molecule has 0 atom stereocenters. The molecule has 0 unspecified atom stereocenters. The molecular weight excluding hydrogens is 292 g/mol. The fourth-order valence-corrected chi connectivity index (χ4v) is 3.05. The molecule has 2 N–H and O–H groups in total. The van der Waals surface area contributed by atoms with Crippen molar-refractivity contribution in [1.82, 2.24) is 9.97 Å². The summed E-state index contributed by atoms with van der Waals surface area (Å²) in [5.41, 5.74) is 6.97. The number of nitrogens with one attached hydrogen (secondary N) is 2. The molecule has 0 fully saturated rings. The lowest BCUT2D eigenvalue weighted by molar-refractivity contribution is 1.32. The van der Waals surface area contributed by atoms with E-state index < -0.39 is 0 Å². The van der Waals surface area contributed by atoms with Gasteiger partial charge in [0.2, 0.25) is 0 Å². The minimum atomic E-state index is 1.11. The number of aromatic nitrogens is 2. The van der Waals surface area contributed by atoms with E-state index >= 15 is 0 Å². The van der Waals surface area contributed by atoms with Crippen molar-refractivity contribution in [3.8, 4) is 0 Å². The van der Waals surface area contributed by atoms with Crippen LogP contribution in [0.5, 0.6) is 0 Å². The number of hydrogen-bond acceptors (Lipinski definition) is 0. The summed E-state index contributed by atoms with van der Waals surface area (Å²) in [5.74, 6) is 0. The molecule has 116 valence electrons. The molecule has 4 aromatic rings. The highest BCUT2D eigenvalue weighted by Crippen LogP contribution is 2.35. The molecule has 2 aromatic carbocycles. The predicted molar refractivity (Wildman–Crippen MR) is 99.5 cm³/mol. The van der Waals surface area contributed by atoms with Crippen molar-refractivity contribution in [2.24, 2.45) is 0 Å². The lowest BCUT2D eigenvalue weighted by Crippen LogP contribution is -1.97. The van der Waals surface area contributed by atoms with Gasteiger partial charge in [-0.2, -0.15) is 0 Å². The Hall–Kier alpha value is -3.26. The van der Waals surface area contributed by atoms with Crippen LogP contribution in [0.2, 0.25) is 0 Å². The van der Waals surface area contributed by atoms with E-state index in [1.165, 1.54) is 22.3 Å². The van der Waals surface area contributed by atoms with Gasteiger partial charge in [0.25, 0.3) is 0 Å². The Balaban J connectivity index is 2.07. The zero-order valence-corrected chi connectivity index (χ0v) is 13.2. The third-order valence-electron chi connectivity index (χ3n) is 4.11. The first-order valence-corrected chi connectivity index (χ1v) is 8.06. The monoisotopic (exact) mass is 310 g/mol. The van der Waals surface area contributed by atoms with E-state index in [1.54, 1.807) is 0 Å². The maximum Gasteiger partial charge on any atom is 0.0467 e. The van der Waals surface area contributed by atoms with Gasteiger partial charge in [0, 0.05) is 34.9 Å². The quantitative estimate of drug-likeness (QED) is 0.476. The molecule has 0 saturated heterocycles. The van der Waals surface area contributed by atoms with Crippen molar-refractivity contribution in [3.05, 3.63) is 120 Å². The Morgan fingerprint density at radius 1 is 0.458 bits per heavy atom. The lowest BCUT2D eigenvalue weighted by Gasteiger charge is -2.15. The highest BCUT2D eigenvalue weighted by atomic mass is 14.7. The summed E-state index contributed by atoms with van der Waals surface area (Å²) >= 11 is 0. The summed E-state index contributed by atoms with van der Waals surface area (Å²) in [6.45, 7) is 0. The molecule has 2 heterocycles. The number of rotatable bonds is 4. The SMILES string of the molecule is c1ccc(C(=C(c2ccccc2)c2ccc[nH]2)c2ccc[nH]2)cc1. The van der Waals surface area contributed by atoms with Crippen LogP contribution >= 0.6 is 0 Å². The van der Waals surface area contributed by atoms with Crippen molar-refractivity contribution in [1.29, 1.82) is 0 Å². The van der Waals surface area contributed by atoms with Crippen molar-refractivity contribution < 1.29 is 0 Å². The molecule has 2 nitrogen and oxygen atoms in total. The molecular formula is C22H18N2. The lowest BCUT2D eigenvalue weighted by atomic mass is 9.90. The van der Waals surface area contributed by atoms with Crippen LogP contribution in [-0.2, 0) is 0 Å². The van der Waals surface area contributed by atoms with Crippen molar-refractivity contribution >= 4 is 11.1 Å². The highest BCUT2D eigenvalue weighted by molar-refractivity contribution is 6.03. The Bertz CT molecular complexity index is 837. The van der Waals surface area contributed by atoms with Crippen LogP contribution in [0, 0.1) is 0 Å². The van der Waals surface area contributed by atoms with E-state index in [9.17, 15) is 0 Å². The van der Waals surface area contributed by atoms with E-state index in [1.807, 2.05) is 36.7 Å². The number of H-pyrrole nitrogens is 2. The average molecular weight is 310 g/mol. The van der Waals surface area contributed by atoms with Gasteiger partial charge in [-0.1, -0.05) is 60.7 Å². The first kappa shape index (κ1) is 14.3. The van der Waals surface area contributed by atoms with Gasteiger partial charge in [0.05, 0.1) is 0 Å². The van der Waals surface area contributed by atoms with Crippen LogP contribution in [0.3, 0.4) is 0 Å². The molecule has 0 aliphatic rings. The van der Waals surface area contributed by atoms with Gasteiger partial charge in [-0.05, 0) is 35.4 Å². The largest absolute Gasteiger partial charge is 0.361 e. The van der Waals surface area contributed by atoms with Crippen LogP contribution < -0.4 is 0 Å². The Kier molecular flexibility index (Phi) is 3.86. The maximum atomic E-state index is 3.38. The number of hydrogen-bond donors (Lipinski definition) is 2. The second kappa shape index (κ2) is 6.47. The van der Waals surface area contributed by atoms with Crippen molar-refractivity contribution in [2.75, 3.05) is 0 Å². The molecule has 0 spiro atoms. The van der Waals surface area contributed by atoms with E-state index in [2.05, 4.69) is 70.6 Å². The second-order valence-corrected chi connectivity index (χ2v) is 5.65. The number of benzene rings is 2. The molecule has 0 aliphatic carbocycles. The zero-order valence-electron chi connectivity index (χ0n) is 13.2. The van der Waals surface area contributed by atoms with Gasteiger partial charge in [-0.3, -0.25) is 0 Å². The van der Waals surface area contributed by atoms with Gasteiger partial charge in [-0.15, -0.1) is 0 Å². The van der Waals surface area contributed by atoms with Gasteiger partial charge in [0.15, 0.2) is 0 Å². The van der Waals surface area contributed by atoms with Crippen LogP contribution in [0.15, 0.2) is 97.3 Å². The van der Waals surface area contributed by atoms with Crippen LogP contribution in [0.4, 0.5) is 0 Å².